The van der Waals surface area contributed by atoms with Crippen LogP contribution in [0.25, 0.3) is 0 Å². The van der Waals surface area contributed by atoms with Crippen molar-refractivity contribution in [1.29, 1.82) is 0 Å². The summed E-state index contributed by atoms with van der Waals surface area (Å²) < 4.78 is 4.95. The Kier molecular flexibility index (Phi) is 3.50. The molecule has 1 aliphatic rings. The van der Waals surface area contributed by atoms with Gasteiger partial charge in [0.2, 0.25) is 0 Å². The van der Waals surface area contributed by atoms with Crippen molar-refractivity contribution in [2.75, 3.05) is 6.54 Å². The van der Waals surface area contributed by atoms with Crippen LogP contribution in [0, 0.1) is 6.92 Å². The Morgan fingerprint density at radius 2 is 2.44 bits per heavy atom. The van der Waals surface area contributed by atoms with Crippen LogP contribution in [0.5, 0.6) is 0 Å². The second-order valence-corrected chi connectivity index (χ2v) is 4.28. The number of hydrogen-bond donors (Lipinski definition) is 2. The minimum atomic E-state index is -0.960. The van der Waals surface area contributed by atoms with Crippen molar-refractivity contribution in [3.05, 3.63) is 17.5 Å². The highest BCUT2D eigenvalue weighted by Crippen LogP contribution is 2.17. The third-order valence-electron chi connectivity index (χ3n) is 2.89. The van der Waals surface area contributed by atoms with E-state index >= 15 is 0 Å². The van der Waals surface area contributed by atoms with Crippen molar-refractivity contribution in [3.8, 4) is 0 Å². The Labute approximate surface area is 104 Å². The Morgan fingerprint density at radius 1 is 1.67 bits per heavy atom. The Balaban J connectivity index is 1.89. The maximum absolute atomic E-state index is 11.8. The number of aryl methyl sites for hydroxylation is 1. The van der Waals surface area contributed by atoms with Crippen LogP contribution >= 0.6 is 0 Å². The molecule has 2 N–H and O–H groups in total. The maximum Gasteiger partial charge on any atom is 0.326 e. The number of likely N-dealkylation sites (tertiary alicyclic amines) is 1. The lowest BCUT2D eigenvalue weighted by Crippen LogP contribution is -2.45. The minimum absolute atomic E-state index is 0.211. The summed E-state index contributed by atoms with van der Waals surface area (Å²) in [4.78, 5) is 24.1. The number of aromatic nitrogens is 1. The first-order chi connectivity index (χ1) is 8.58. The summed E-state index contributed by atoms with van der Waals surface area (Å²) in [7, 11) is 0. The third-order valence-corrected chi connectivity index (χ3v) is 2.89. The van der Waals surface area contributed by atoms with E-state index in [9.17, 15) is 9.59 Å². The zero-order valence-electron chi connectivity index (χ0n) is 10.0. The molecule has 1 aromatic heterocycles. The van der Waals surface area contributed by atoms with E-state index in [1.54, 1.807) is 13.0 Å². The molecule has 98 valence electrons. The van der Waals surface area contributed by atoms with E-state index in [-0.39, 0.29) is 12.6 Å². The fourth-order valence-corrected chi connectivity index (χ4v) is 2.03. The number of hydrogen-bond acceptors (Lipinski definition) is 4. The van der Waals surface area contributed by atoms with Gasteiger partial charge in [0, 0.05) is 12.6 Å². The molecular weight excluding hydrogens is 238 g/mol. The van der Waals surface area contributed by atoms with Crippen molar-refractivity contribution in [1.82, 2.24) is 15.4 Å². The Bertz CT molecular complexity index is 457. The van der Waals surface area contributed by atoms with Gasteiger partial charge in [-0.3, -0.25) is 0 Å². The number of carbonyl (C=O) groups excluding carboxylic acids is 1. The molecule has 1 atom stereocenters. The summed E-state index contributed by atoms with van der Waals surface area (Å²) in [5.74, 6) is -0.412. The van der Waals surface area contributed by atoms with Gasteiger partial charge in [-0.15, -0.1) is 0 Å². The molecule has 1 aromatic rings. The molecule has 7 nitrogen and oxygen atoms in total. The molecule has 2 amide bonds. The summed E-state index contributed by atoms with van der Waals surface area (Å²) in [6.45, 7) is 2.47. The zero-order valence-corrected chi connectivity index (χ0v) is 10.0. The van der Waals surface area contributed by atoms with Crippen LogP contribution in [0.3, 0.4) is 0 Å². The second kappa shape index (κ2) is 5.07. The average molecular weight is 253 g/mol. The number of amides is 2. The largest absolute Gasteiger partial charge is 0.480 e. The third kappa shape index (κ3) is 2.61. The Morgan fingerprint density at radius 3 is 3.06 bits per heavy atom. The Hall–Kier alpha value is -2.05. The van der Waals surface area contributed by atoms with Gasteiger partial charge in [-0.05, 0) is 19.8 Å². The van der Waals surface area contributed by atoms with Gasteiger partial charge in [-0.25, -0.2) is 9.59 Å². The van der Waals surface area contributed by atoms with Crippen molar-refractivity contribution in [2.24, 2.45) is 0 Å². The molecule has 0 radical (unpaired) electrons. The van der Waals surface area contributed by atoms with Crippen molar-refractivity contribution < 1.29 is 19.2 Å². The van der Waals surface area contributed by atoms with Gasteiger partial charge in [-0.1, -0.05) is 5.16 Å². The summed E-state index contributed by atoms with van der Waals surface area (Å²) in [6.07, 6.45) is 1.22. The number of nitrogens with zero attached hydrogens (tertiary/aromatic N) is 2. The number of aliphatic carboxylic acids is 1. The first-order valence-corrected chi connectivity index (χ1v) is 5.77. The van der Waals surface area contributed by atoms with Gasteiger partial charge in [0.25, 0.3) is 0 Å². The summed E-state index contributed by atoms with van der Waals surface area (Å²) in [5, 5.41) is 15.3. The van der Waals surface area contributed by atoms with E-state index in [0.29, 0.717) is 25.1 Å². The number of carboxylic acid groups (broad SMARTS) is 1. The van der Waals surface area contributed by atoms with E-state index in [2.05, 4.69) is 10.5 Å². The van der Waals surface area contributed by atoms with Gasteiger partial charge in [-0.2, -0.15) is 0 Å². The van der Waals surface area contributed by atoms with Gasteiger partial charge in [0.05, 0.1) is 12.2 Å². The average Bonchev–Trinajstić information content (AvgIpc) is 2.94. The van der Waals surface area contributed by atoms with E-state index in [4.69, 9.17) is 9.63 Å². The smallest absolute Gasteiger partial charge is 0.326 e. The molecule has 2 rings (SSSR count). The lowest BCUT2D eigenvalue weighted by atomic mass is 10.2. The van der Waals surface area contributed by atoms with Crippen molar-refractivity contribution in [3.63, 3.8) is 0 Å². The lowest BCUT2D eigenvalue weighted by molar-refractivity contribution is -0.141. The standard InChI is InChI=1S/C11H15N3O4/c1-7-5-8(18-13-7)6-12-11(17)14-4-2-3-9(14)10(15)16/h5,9H,2-4,6H2,1H3,(H,12,17)(H,15,16)/t9-/m1/s1. The van der Waals surface area contributed by atoms with Crippen LogP contribution < -0.4 is 5.32 Å². The lowest BCUT2D eigenvalue weighted by Gasteiger charge is -2.21. The monoisotopic (exact) mass is 253 g/mol. The summed E-state index contributed by atoms with van der Waals surface area (Å²) in [6, 6.07) is 0.620. The van der Waals surface area contributed by atoms with Crippen LogP contribution in [0.4, 0.5) is 4.79 Å². The predicted octanol–water partition coefficient (Wildman–Crippen LogP) is 0.742. The van der Waals surface area contributed by atoms with Crippen LogP contribution in [0.15, 0.2) is 10.6 Å². The molecule has 7 heteroatoms. The highest BCUT2D eigenvalue weighted by atomic mass is 16.5. The molecule has 1 aliphatic heterocycles. The van der Waals surface area contributed by atoms with E-state index < -0.39 is 12.0 Å². The minimum Gasteiger partial charge on any atom is -0.480 e. The molecular formula is C11H15N3O4. The van der Waals surface area contributed by atoms with Crippen molar-refractivity contribution in [2.45, 2.75) is 32.4 Å². The van der Waals surface area contributed by atoms with E-state index in [1.165, 1.54) is 4.90 Å². The van der Waals surface area contributed by atoms with Crippen LogP contribution in [-0.4, -0.2) is 39.8 Å². The first-order valence-electron chi connectivity index (χ1n) is 5.77. The van der Waals surface area contributed by atoms with Gasteiger partial charge in [0.15, 0.2) is 5.76 Å². The molecule has 0 aromatic carbocycles. The second-order valence-electron chi connectivity index (χ2n) is 4.28. The molecule has 1 fully saturated rings. The number of carbonyl (C=O) groups is 2. The van der Waals surface area contributed by atoms with Gasteiger partial charge < -0.3 is 19.8 Å². The molecule has 0 unspecified atom stereocenters. The normalized spacial score (nSPS) is 18.9. The van der Waals surface area contributed by atoms with Crippen LogP contribution in [-0.2, 0) is 11.3 Å². The number of carboxylic acids is 1. The molecule has 1 saturated heterocycles. The van der Waals surface area contributed by atoms with Gasteiger partial charge >= 0.3 is 12.0 Å². The topological polar surface area (TPSA) is 95.7 Å². The molecule has 0 spiro atoms. The number of urea groups is 1. The van der Waals surface area contributed by atoms with Crippen LogP contribution in [0.2, 0.25) is 0 Å². The maximum atomic E-state index is 11.8. The zero-order chi connectivity index (χ0) is 13.1. The summed E-state index contributed by atoms with van der Waals surface area (Å²) in [5.41, 5.74) is 0.740. The molecule has 18 heavy (non-hydrogen) atoms. The number of nitrogens with one attached hydrogen (secondary N) is 1. The number of rotatable bonds is 3. The predicted molar refractivity (Wildman–Crippen MR) is 60.8 cm³/mol. The van der Waals surface area contributed by atoms with Crippen LogP contribution in [0.1, 0.15) is 24.3 Å². The van der Waals surface area contributed by atoms with Gasteiger partial charge in [0.1, 0.15) is 6.04 Å². The fourth-order valence-electron chi connectivity index (χ4n) is 2.03. The highest BCUT2D eigenvalue weighted by molar-refractivity contribution is 5.83. The van der Waals surface area contributed by atoms with Crippen molar-refractivity contribution >= 4 is 12.0 Å². The van der Waals surface area contributed by atoms with E-state index in [1.807, 2.05) is 0 Å². The molecule has 0 aliphatic carbocycles. The molecule has 0 bridgehead atoms. The summed E-state index contributed by atoms with van der Waals surface area (Å²) >= 11 is 0. The molecule has 2 heterocycles. The van der Waals surface area contributed by atoms with E-state index in [0.717, 1.165) is 5.69 Å². The molecule has 0 saturated carbocycles. The SMILES string of the molecule is Cc1cc(CNC(=O)N2CCC[C@@H]2C(=O)O)on1. The quantitative estimate of drug-likeness (QED) is 0.828. The first kappa shape index (κ1) is 12.4. The fraction of sp³-hybridized carbons (Fsp3) is 0.545. The highest BCUT2D eigenvalue weighted by Gasteiger charge is 2.33.